The third-order valence-corrected chi connectivity index (χ3v) is 11.8. The molecule has 0 N–H and O–H groups in total. The molecule has 59 heavy (non-hydrogen) atoms. The third kappa shape index (κ3) is 5.67. The maximum Gasteiger partial charge on any atom is 0.132 e. The monoisotopic (exact) mass is 761 g/mol. The number of rotatable bonds is 6. The van der Waals surface area contributed by atoms with Gasteiger partial charge in [-0.15, -0.1) is 0 Å². The molecule has 0 fully saturated rings. The quantitative estimate of drug-likeness (QED) is 0.169. The molecule has 0 aromatic heterocycles. The number of ether oxygens (including phenoxy) is 3. The van der Waals surface area contributed by atoms with Crippen molar-refractivity contribution in [2.24, 2.45) is 0 Å². The summed E-state index contributed by atoms with van der Waals surface area (Å²) in [5, 5.41) is 0. The normalized spacial score (nSPS) is 14.8. The highest BCUT2D eigenvalue weighted by atomic mass is 16.5. The fourth-order valence-electron chi connectivity index (χ4n) is 9.19. The lowest BCUT2D eigenvalue weighted by Crippen LogP contribution is -2.37. The molecule has 3 heterocycles. The third-order valence-electron chi connectivity index (χ3n) is 11.8. The van der Waals surface area contributed by atoms with Crippen LogP contribution in [0.25, 0.3) is 22.3 Å². The summed E-state index contributed by atoms with van der Waals surface area (Å²) in [7, 11) is 0. The first-order valence-electron chi connectivity index (χ1n) is 20.2. The van der Waals surface area contributed by atoms with E-state index in [1.807, 2.05) is 12.1 Å². The fourth-order valence-corrected chi connectivity index (χ4v) is 9.19. The molecule has 282 valence electrons. The number of benzene rings is 8. The molecule has 8 aromatic rings. The van der Waals surface area contributed by atoms with E-state index in [0.717, 1.165) is 103 Å². The molecule has 11 rings (SSSR count). The minimum absolute atomic E-state index is 0.719. The zero-order valence-electron chi connectivity index (χ0n) is 32.5. The first-order chi connectivity index (χ1) is 29.2. The van der Waals surface area contributed by atoms with E-state index < -0.39 is 5.41 Å². The molecule has 3 aliphatic heterocycles. The summed E-state index contributed by atoms with van der Waals surface area (Å²) >= 11 is 0. The van der Waals surface area contributed by atoms with Crippen molar-refractivity contribution in [1.29, 1.82) is 0 Å². The summed E-state index contributed by atoms with van der Waals surface area (Å²) in [4.78, 5) is 2.36. The Balaban J connectivity index is 1.18. The Kier molecular flexibility index (Phi) is 8.30. The summed E-state index contributed by atoms with van der Waals surface area (Å²) in [5.74, 6) is 5.07. The molecule has 0 saturated carbocycles. The number of anilines is 2. The molecule has 4 heteroatoms. The minimum Gasteiger partial charge on any atom is -0.461 e. The molecular weight excluding hydrogens is 723 g/mol. The Labute approximate surface area is 344 Å². The highest BCUT2D eigenvalue weighted by molar-refractivity contribution is 5.87. The summed E-state index contributed by atoms with van der Waals surface area (Å²) in [6.45, 7) is 2.10. The van der Waals surface area contributed by atoms with Gasteiger partial charge in [-0.05, 0) is 78.2 Å². The number of para-hydroxylation sites is 4. The molecular formula is C55H39NO3. The average Bonchev–Trinajstić information content (AvgIpc) is 3.72. The Morgan fingerprint density at radius 2 is 1.03 bits per heavy atom. The summed E-state index contributed by atoms with van der Waals surface area (Å²) < 4.78 is 20.2. The topological polar surface area (TPSA) is 30.9 Å². The first-order valence-corrected chi connectivity index (χ1v) is 20.2. The molecule has 0 saturated heterocycles. The van der Waals surface area contributed by atoms with Gasteiger partial charge in [0.25, 0.3) is 0 Å². The van der Waals surface area contributed by atoms with Crippen molar-refractivity contribution in [2.45, 2.75) is 18.8 Å². The number of allylic oxidation sites excluding steroid dienone is 3. The number of hydrogen-bond donors (Lipinski definition) is 0. The molecule has 0 atom stereocenters. The van der Waals surface area contributed by atoms with Gasteiger partial charge in [0.15, 0.2) is 0 Å². The molecule has 0 amide bonds. The standard InChI is InChI=1S/C55H39NO3/c1-2-41(35-43-33-40-21-9-14-26-50(40)57-43)56(49-25-13-10-22-44(49)38-19-7-4-8-20-38)42-30-32-54-48(36-42)55(45-23-11-15-27-51(45)58-52-28-16-12-24-46(52)55)47-34-39(29-31-53(47)59-54)37-17-5-3-6-18-37/h2-32,34-36H,33H2,1H3/b41-2+,43-35+. The minimum atomic E-state index is -0.787. The van der Waals surface area contributed by atoms with Crippen LogP contribution in [0.5, 0.6) is 28.7 Å². The van der Waals surface area contributed by atoms with Crippen LogP contribution < -0.4 is 19.1 Å². The molecule has 3 aliphatic rings. The highest BCUT2D eigenvalue weighted by Gasteiger charge is 2.51. The molecule has 8 aromatic carbocycles. The lowest BCUT2D eigenvalue weighted by Gasteiger charge is -2.45. The van der Waals surface area contributed by atoms with Gasteiger partial charge in [-0.3, -0.25) is 0 Å². The highest BCUT2D eigenvalue weighted by Crippen LogP contribution is 2.62. The van der Waals surface area contributed by atoms with Gasteiger partial charge in [-0.2, -0.15) is 0 Å². The van der Waals surface area contributed by atoms with Crippen molar-refractivity contribution in [1.82, 2.24) is 0 Å². The van der Waals surface area contributed by atoms with Crippen LogP contribution in [0, 0.1) is 0 Å². The van der Waals surface area contributed by atoms with Crippen LogP contribution in [0.1, 0.15) is 34.7 Å². The van der Waals surface area contributed by atoms with E-state index in [1.54, 1.807) is 0 Å². The van der Waals surface area contributed by atoms with Crippen LogP contribution in [0.4, 0.5) is 11.4 Å². The van der Waals surface area contributed by atoms with Gasteiger partial charge < -0.3 is 19.1 Å². The Morgan fingerprint density at radius 3 is 1.73 bits per heavy atom. The van der Waals surface area contributed by atoms with Crippen LogP contribution in [-0.4, -0.2) is 0 Å². The van der Waals surface area contributed by atoms with Gasteiger partial charge in [0, 0.05) is 57.3 Å². The van der Waals surface area contributed by atoms with Crippen molar-refractivity contribution < 1.29 is 14.2 Å². The van der Waals surface area contributed by atoms with E-state index >= 15 is 0 Å². The van der Waals surface area contributed by atoms with E-state index in [-0.39, 0.29) is 0 Å². The van der Waals surface area contributed by atoms with Crippen molar-refractivity contribution >= 4 is 11.4 Å². The summed E-state index contributed by atoms with van der Waals surface area (Å²) in [6.07, 6.45) is 5.08. The van der Waals surface area contributed by atoms with Crippen LogP contribution in [0.3, 0.4) is 0 Å². The Bertz CT molecular complexity index is 2890. The molecule has 1 spiro atoms. The first kappa shape index (κ1) is 34.7. The van der Waals surface area contributed by atoms with Crippen LogP contribution >= 0.6 is 0 Å². The van der Waals surface area contributed by atoms with E-state index in [1.165, 1.54) is 5.56 Å². The van der Waals surface area contributed by atoms with Crippen LogP contribution in [0.2, 0.25) is 0 Å². The second-order valence-corrected chi connectivity index (χ2v) is 15.1. The van der Waals surface area contributed by atoms with Gasteiger partial charge in [0.05, 0.1) is 11.1 Å². The predicted molar refractivity (Wildman–Crippen MR) is 237 cm³/mol. The van der Waals surface area contributed by atoms with Crippen molar-refractivity contribution in [2.75, 3.05) is 4.90 Å². The largest absolute Gasteiger partial charge is 0.461 e. The predicted octanol–water partition coefficient (Wildman–Crippen LogP) is 14.2. The maximum atomic E-state index is 6.98. The molecule has 4 nitrogen and oxygen atoms in total. The van der Waals surface area contributed by atoms with Crippen molar-refractivity contribution in [3.63, 3.8) is 0 Å². The van der Waals surface area contributed by atoms with Crippen LogP contribution in [0.15, 0.2) is 218 Å². The second kappa shape index (κ2) is 14.1. The average molecular weight is 762 g/mol. The SMILES string of the molecule is C/C=C(\C=C1/Cc2ccccc2O1)N(c1ccc2c(c1)C1(c3ccccc3Oc3ccccc31)c1cc(-c3ccccc3)ccc1O2)c1ccccc1-c1ccccc1. The summed E-state index contributed by atoms with van der Waals surface area (Å²) in [6, 6.07) is 68.3. The van der Waals surface area contributed by atoms with E-state index in [4.69, 9.17) is 14.2 Å². The lowest BCUT2D eigenvalue weighted by molar-refractivity contribution is 0.399. The Morgan fingerprint density at radius 1 is 0.475 bits per heavy atom. The van der Waals surface area contributed by atoms with E-state index in [2.05, 4.69) is 206 Å². The van der Waals surface area contributed by atoms with E-state index in [0.29, 0.717) is 0 Å². The number of hydrogen-bond acceptors (Lipinski definition) is 4. The van der Waals surface area contributed by atoms with E-state index in [9.17, 15) is 0 Å². The molecule has 0 bridgehead atoms. The van der Waals surface area contributed by atoms with Crippen molar-refractivity contribution in [3.8, 4) is 51.0 Å². The number of nitrogens with zero attached hydrogens (tertiary/aromatic N) is 1. The zero-order chi connectivity index (χ0) is 39.3. The molecule has 0 radical (unpaired) electrons. The number of fused-ring (bicyclic) bond motifs is 9. The zero-order valence-corrected chi connectivity index (χ0v) is 32.5. The molecule has 0 unspecified atom stereocenters. The van der Waals surface area contributed by atoms with Gasteiger partial charge in [0.1, 0.15) is 34.5 Å². The van der Waals surface area contributed by atoms with Gasteiger partial charge in [0.2, 0.25) is 0 Å². The van der Waals surface area contributed by atoms with Crippen LogP contribution in [-0.2, 0) is 11.8 Å². The lowest BCUT2D eigenvalue weighted by atomic mass is 9.62. The maximum absolute atomic E-state index is 6.98. The van der Waals surface area contributed by atoms with Crippen molar-refractivity contribution in [3.05, 3.63) is 246 Å². The Hall–Kier alpha value is -7.56. The fraction of sp³-hybridized carbons (Fsp3) is 0.0545. The van der Waals surface area contributed by atoms with Gasteiger partial charge >= 0.3 is 0 Å². The molecule has 0 aliphatic carbocycles. The second-order valence-electron chi connectivity index (χ2n) is 15.1. The smallest absolute Gasteiger partial charge is 0.132 e. The van der Waals surface area contributed by atoms with Gasteiger partial charge in [-0.1, -0.05) is 146 Å². The van der Waals surface area contributed by atoms with Gasteiger partial charge in [-0.25, -0.2) is 0 Å². The summed E-state index contributed by atoms with van der Waals surface area (Å²) in [5.41, 5.74) is 12.1.